The molecule has 0 bridgehead atoms. The number of aromatic hydroxyl groups is 1. The third kappa shape index (κ3) is 1.97. The Morgan fingerprint density at radius 2 is 1.77 bits per heavy atom. The third-order valence-electron chi connectivity index (χ3n) is 3.83. The Hall–Kier alpha value is -2.41. The summed E-state index contributed by atoms with van der Waals surface area (Å²) in [4.78, 5) is 14.3. The first-order chi connectivity index (χ1) is 10.1. The molecule has 0 saturated heterocycles. The Morgan fingerprint density at radius 1 is 1.00 bits per heavy atom. The Balaban J connectivity index is 0.00000144. The van der Waals surface area contributed by atoms with E-state index < -0.39 is 5.97 Å². The Labute approximate surface area is 137 Å². The number of phenols is 1. The van der Waals surface area contributed by atoms with E-state index in [1.165, 1.54) is 12.1 Å². The minimum absolute atomic E-state index is 0. The van der Waals surface area contributed by atoms with Gasteiger partial charge in [0.1, 0.15) is 5.75 Å². The van der Waals surface area contributed by atoms with Crippen LogP contribution < -0.4 is 24.0 Å². The third-order valence-corrected chi connectivity index (χ3v) is 3.83. The molecule has 0 unspecified atom stereocenters. The van der Waals surface area contributed by atoms with Gasteiger partial charge >= 0.3 is 18.9 Å². The quantitative estimate of drug-likeness (QED) is 0.464. The Bertz CT molecular complexity index is 1040. The van der Waals surface area contributed by atoms with E-state index >= 15 is 0 Å². The summed E-state index contributed by atoms with van der Waals surface area (Å²) in [5, 5.41) is 24.5. The van der Waals surface area contributed by atoms with E-state index in [4.69, 9.17) is 0 Å². The minimum Gasteiger partial charge on any atom is -0.545 e. The van der Waals surface area contributed by atoms with Crippen LogP contribution in [0.25, 0.3) is 32.6 Å². The number of carbonyl (C=O) groups excluding carboxylic acids is 1. The van der Waals surface area contributed by atoms with Crippen molar-refractivity contribution in [3.63, 3.8) is 0 Å². The number of H-pyrrole nitrogens is 1. The van der Waals surface area contributed by atoms with Gasteiger partial charge in [0, 0.05) is 27.2 Å². The minimum atomic E-state index is -1.38. The van der Waals surface area contributed by atoms with Gasteiger partial charge in [0.15, 0.2) is 0 Å². The monoisotopic (exact) mass is 283 g/mol. The molecule has 0 atom stereocenters. The fourth-order valence-corrected chi connectivity index (χ4v) is 2.85. The number of carboxylic acid groups (broad SMARTS) is 1. The summed E-state index contributed by atoms with van der Waals surface area (Å²) < 4.78 is 0. The van der Waals surface area contributed by atoms with Crippen LogP contribution in [0.3, 0.4) is 0 Å². The number of benzene rings is 3. The Kier molecular flexibility index (Phi) is 3.36. The molecule has 2 N–H and O–H groups in total. The van der Waals surface area contributed by atoms with Gasteiger partial charge in [-0.15, -0.1) is 0 Å². The van der Waals surface area contributed by atoms with Crippen molar-refractivity contribution < 1.29 is 33.9 Å². The molecule has 4 nitrogen and oxygen atoms in total. The van der Waals surface area contributed by atoms with Crippen molar-refractivity contribution in [1.29, 1.82) is 0 Å². The van der Waals surface area contributed by atoms with Crippen molar-refractivity contribution in [2.75, 3.05) is 0 Å². The van der Waals surface area contributed by atoms with Crippen LogP contribution in [-0.2, 0) is 0 Å². The number of fused-ring (bicyclic) bond motifs is 5. The molecule has 1 heterocycles. The molecule has 0 aliphatic rings. The van der Waals surface area contributed by atoms with Gasteiger partial charge in [-0.05, 0) is 23.6 Å². The second-order valence-corrected chi connectivity index (χ2v) is 5.04. The number of aromatic amines is 1. The van der Waals surface area contributed by atoms with Crippen molar-refractivity contribution in [2.45, 2.75) is 0 Å². The summed E-state index contributed by atoms with van der Waals surface area (Å²) in [6.07, 6.45) is 0. The number of hydrogen-bond donors (Lipinski definition) is 2. The first-order valence-corrected chi connectivity index (χ1v) is 6.52. The molecule has 0 radical (unpaired) electrons. The number of aromatic nitrogens is 1. The molecule has 102 valence electrons. The summed E-state index contributed by atoms with van der Waals surface area (Å²) >= 11 is 0. The standard InChI is InChI=1S/C17H11NO3.Li/c19-15-8-12-9(7-13(15)17(20)21)5-6-11-10-3-1-2-4-14(10)18-16(11)12;/h1-8,18-19H,(H,20,21);/q;+1/p-1. The number of nitrogens with one attached hydrogen (secondary N) is 1. The van der Waals surface area contributed by atoms with Crippen LogP contribution in [0.15, 0.2) is 48.5 Å². The molecule has 0 fully saturated rings. The summed E-state index contributed by atoms with van der Waals surface area (Å²) in [6, 6.07) is 14.6. The van der Waals surface area contributed by atoms with Gasteiger partial charge in [-0.1, -0.05) is 30.3 Å². The van der Waals surface area contributed by atoms with Crippen LogP contribution in [0, 0.1) is 0 Å². The second-order valence-electron chi connectivity index (χ2n) is 5.04. The summed E-state index contributed by atoms with van der Waals surface area (Å²) in [5.74, 6) is -1.67. The van der Waals surface area contributed by atoms with E-state index in [2.05, 4.69) is 4.98 Å². The molecule has 0 aliphatic carbocycles. The van der Waals surface area contributed by atoms with Crippen LogP contribution in [0.1, 0.15) is 10.4 Å². The molecule has 22 heavy (non-hydrogen) atoms. The number of carbonyl (C=O) groups is 1. The van der Waals surface area contributed by atoms with E-state index in [-0.39, 0.29) is 30.2 Å². The maximum absolute atomic E-state index is 11.0. The van der Waals surface area contributed by atoms with E-state index in [0.29, 0.717) is 0 Å². The van der Waals surface area contributed by atoms with Gasteiger partial charge < -0.3 is 20.0 Å². The summed E-state index contributed by atoms with van der Waals surface area (Å²) in [6.45, 7) is 0. The van der Waals surface area contributed by atoms with E-state index in [1.54, 1.807) is 0 Å². The van der Waals surface area contributed by atoms with Crippen LogP contribution in [0.2, 0.25) is 0 Å². The largest absolute Gasteiger partial charge is 1.00 e. The fourth-order valence-electron chi connectivity index (χ4n) is 2.85. The zero-order valence-electron chi connectivity index (χ0n) is 11.9. The molecule has 3 aromatic carbocycles. The van der Waals surface area contributed by atoms with E-state index in [1.807, 2.05) is 36.4 Å². The number of para-hydroxylation sites is 1. The predicted molar refractivity (Wildman–Crippen MR) is 79.3 cm³/mol. The number of carboxylic acids is 1. The molecule has 4 rings (SSSR count). The maximum Gasteiger partial charge on any atom is 1.00 e. The fraction of sp³-hybridized carbons (Fsp3) is 0. The van der Waals surface area contributed by atoms with Crippen molar-refractivity contribution in [1.82, 2.24) is 4.98 Å². The van der Waals surface area contributed by atoms with Crippen molar-refractivity contribution in [2.24, 2.45) is 0 Å². The smallest absolute Gasteiger partial charge is 0.545 e. The van der Waals surface area contributed by atoms with Crippen LogP contribution in [-0.4, -0.2) is 16.1 Å². The zero-order valence-corrected chi connectivity index (χ0v) is 11.9. The average molecular weight is 283 g/mol. The second kappa shape index (κ2) is 5.10. The topological polar surface area (TPSA) is 76.1 Å². The summed E-state index contributed by atoms with van der Waals surface area (Å²) in [7, 11) is 0. The molecule has 5 heteroatoms. The van der Waals surface area contributed by atoms with Gasteiger partial charge in [0.05, 0.1) is 11.5 Å². The van der Waals surface area contributed by atoms with Crippen molar-refractivity contribution in [3.8, 4) is 5.75 Å². The van der Waals surface area contributed by atoms with Crippen LogP contribution in [0.4, 0.5) is 0 Å². The van der Waals surface area contributed by atoms with E-state index in [0.717, 1.165) is 32.6 Å². The molecule has 0 amide bonds. The van der Waals surface area contributed by atoms with E-state index in [9.17, 15) is 15.0 Å². The normalized spacial score (nSPS) is 10.9. The van der Waals surface area contributed by atoms with Crippen molar-refractivity contribution in [3.05, 3.63) is 54.1 Å². The van der Waals surface area contributed by atoms with Crippen molar-refractivity contribution >= 4 is 38.5 Å². The molecule has 4 aromatic rings. The van der Waals surface area contributed by atoms with Gasteiger partial charge in [0.25, 0.3) is 0 Å². The summed E-state index contributed by atoms with van der Waals surface area (Å²) in [5.41, 5.74) is 1.69. The predicted octanol–water partition coefficient (Wildman–Crippen LogP) is -0.453. The first-order valence-electron chi connectivity index (χ1n) is 6.52. The molecular formula is C17H10LiNO3. The molecule has 0 aliphatic heterocycles. The SMILES string of the molecule is O=C([O-])c1cc2ccc3c4ccccc4[nH]c3c2cc1O.[Li+]. The maximum atomic E-state index is 11.0. The number of rotatable bonds is 1. The molecule has 0 saturated carbocycles. The van der Waals surface area contributed by atoms with Gasteiger partial charge in [0.2, 0.25) is 0 Å². The Morgan fingerprint density at radius 3 is 2.55 bits per heavy atom. The average Bonchev–Trinajstić information content (AvgIpc) is 2.85. The number of hydrogen-bond acceptors (Lipinski definition) is 3. The van der Waals surface area contributed by atoms with Crippen LogP contribution >= 0.6 is 0 Å². The molecule has 0 spiro atoms. The van der Waals surface area contributed by atoms with Gasteiger partial charge in [-0.2, -0.15) is 0 Å². The number of aromatic carboxylic acids is 1. The van der Waals surface area contributed by atoms with Crippen LogP contribution in [0.5, 0.6) is 5.75 Å². The first kappa shape index (κ1) is 14.5. The molecular weight excluding hydrogens is 273 g/mol. The van der Waals surface area contributed by atoms with Gasteiger partial charge in [-0.3, -0.25) is 0 Å². The van der Waals surface area contributed by atoms with Gasteiger partial charge in [-0.25, -0.2) is 0 Å². The molecule has 1 aromatic heterocycles. The zero-order chi connectivity index (χ0) is 14.6.